The molecule has 0 spiro atoms. The van der Waals surface area contributed by atoms with Gasteiger partial charge < -0.3 is 0 Å². The van der Waals surface area contributed by atoms with Crippen LogP contribution in [-0.2, 0) is 0 Å². The standard InChI is InChI=1S/C12H10BrClN2/c1-7-8(2)16-12(14)11(15-7)9-5-3-4-6-10(9)13/h3-6H,1-2H3. The molecule has 0 aliphatic heterocycles. The Labute approximate surface area is 108 Å². The molecule has 0 amide bonds. The number of nitrogens with zero attached hydrogens (tertiary/aromatic N) is 2. The van der Waals surface area contributed by atoms with Crippen LogP contribution in [-0.4, -0.2) is 9.97 Å². The summed E-state index contributed by atoms with van der Waals surface area (Å²) < 4.78 is 0.967. The number of benzene rings is 1. The van der Waals surface area contributed by atoms with Gasteiger partial charge in [0.1, 0.15) is 5.69 Å². The van der Waals surface area contributed by atoms with Gasteiger partial charge >= 0.3 is 0 Å². The second kappa shape index (κ2) is 4.52. The third kappa shape index (κ3) is 2.11. The summed E-state index contributed by atoms with van der Waals surface area (Å²) in [4.78, 5) is 8.75. The van der Waals surface area contributed by atoms with Crippen LogP contribution in [0.4, 0.5) is 0 Å². The molecule has 1 heterocycles. The average Bonchev–Trinajstić information content (AvgIpc) is 2.25. The molecule has 82 valence electrons. The van der Waals surface area contributed by atoms with Gasteiger partial charge in [-0.1, -0.05) is 45.7 Å². The largest absolute Gasteiger partial charge is 0.248 e. The van der Waals surface area contributed by atoms with Crippen LogP contribution in [0.15, 0.2) is 28.7 Å². The van der Waals surface area contributed by atoms with E-state index in [9.17, 15) is 0 Å². The van der Waals surface area contributed by atoms with Gasteiger partial charge in [-0.05, 0) is 19.9 Å². The van der Waals surface area contributed by atoms with Crippen molar-refractivity contribution in [1.29, 1.82) is 0 Å². The van der Waals surface area contributed by atoms with Gasteiger partial charge in [-0.15, -0.1) is 0 Å². The molecule has 1 aromatic carbocycles. The summed E-state index contributed by atoms with van der Waals surface area (Å²) in [7, 11) is 0. The summed E-state index contributed by atoms with van der Waals surface area (Å²) in [6.07, 6.45) is 0. The van der Waals surface area contributed by atoms with Crippen molar-refractivity contribution in [3.63, 3.8) is 0 Å². The highest BCUT2D eigenvalue weighted by molar-refractivity contribution is 9.10. The Balaban J connectivity index is 2.65. The predicted molar refractivity (Wildman–Crippen MR) is 69.7 cm³/mol. The van der Waals surface area contributed by atoms with Gasteiger partial charge in [0.15, 0.2) is 5.15 Å². The number of hydrogen-bond acceptors (Lipinski definition) is 2. The van der Waals surface area contributed by atoms with E-state index in [4.69, 9.17) is 11.6 Å². The van der Waals surface area contributed by atoms with Gasteiger partial charge in [0.25, 0.3) is 0 Å². The molecule has 1 aromatic heterocycles. The molecule has 0 atom stereocenters. The van der Waals surface area contributed by atoms with Crippen molar-refractivity contribution in [2.75, 3.05) is 0 Å². The normalized spacial score (nSPS) is 10.5. The van der Waals surface area contributed by atoms with E-state index in [1.807, 2.05) is 38.1 Å². The second-order valence-electron chi connectivity index (χ2n) is 3.51. The number of aryl methyl sites for hydroxylation is 2. The average molecular weight is 298 g/mol. The Bertz CT molecular complexity index is 541. The van der Waals surface area contributed by atoms with Gasteiger partial charge in [0, 0.05) is 10.0 Å². The van der Waals surface area contributed by atoms with E-state index in [1.165, 1.54) is 0 Å². The van der Waals surface area contributed by atoms with Gasteiger partial charge in [0.2, 0.25) is 0 Å². The van der Waals surface area contributed by atoms with E-state index < -0.39 is 0 Å². The molecule has 0 bridgehead atoms. The lowest BCUT2D eigenvalue weighted by atomic mass is 10.1. The van der Waals surface area contributed by atoms with E-state index in [1.54, 1.807) is 0 Å². The summed E-state index contributed by atoms with van der Waals surface area (Å²) in [5, 5.41) is 0.440. The summed E-state index contributed by atoms with van der Waals surface area (Å²) in [6, 6.07) is 7.83. The summed E-state index contributed by atoms with van der Waals surface area (Å²) in [5.74, 6) is 0. The van der Waals surface area contributed by atoms with Crippen LogP contribution >= 0.6 is 27.5 Å². The van der Waals surface area contributed by atoms with Crippen LogP contribution in [0.2, 0.25) is 5.15 Å². The maximum atomic E-state index is 6.11. The van der Waals surface area contributed by atoms with Gasteiger partial charge in [-0.2, -0.15) is 0 Å². The molecule has 0 radical (unpaired) electrons. The highest BCUT2D eigenvalue weighted by Crippen LogP contribution is 2.31. The highest BCUT2D eigenvalue weighted by Gasteiger charge is 2.11. The third-order valence-corrected chi connectivity index (χ3v) is 3.35. The second-order valence-corrected chi connectivity index (χ2v) is 4.73. The van der Waals surface area contributed by atoms with E-state index >= 15 is 0 Å². The van der Waals surface area contributed by atoms with Crippen LogP contribution in [0.1, 0.15) is 11.4 Å². The lowest BCUT2D eigenvalue weighted by molar-refractivity contribution is 1.05. The molecule has 0 saturated carbocycles. The topological polar surface area (TPSA) is 25.8 Å². The Morgan fingerprint density at radius 2 is 1.69 bits per heavy atom. The van der Waals surface area contributed by atoms with E-state index in [0.29, 0.717) is 5.15 Å². The van der Waals surface area contributed by atoms with Crippen LogP contribution in [0, 0.1) is 13.8 Å². The number of rotatable bonds is 1. The van der Waals surface area contributed by atoms with Crippen LogP contribution < -0.4 is 0 Å². The molecule has 4 heteroatoms. The van der Waals surface area contributed by atoms with Crippen molar-refractivity contribution in [1.82, 2.24) is 9.97 Å². The molecule has 0 saturated heterocycles. The molecular formula is C12H10BrClN2. The van der Waals surface area contributed by atoms with E-state index in [0.717, 1.165) is 27.1 Å². The molecule has 2 rings (SSSR count). The molecular weight excluding hydrogens is 288 g/mol. The van der Waals surface area contributed by atoms with Crippen LogP contribution in [0.3, 0.4) is 0 Å². The van der Waals surface area contributed by atoms with Gasteiger partial charge in [-0.25, -0.2) is 9.97 Å². The lowest BCUT2D eigenvalue weighted by Gasteiger charge is -2.08. The van der Waals surface area contributed by atoms with E-state index in [2.05, 4.69) is 25.9 Å². The molecule has 0 aliphatic carbocycles. The predicted octanol–water partition coefficient (Wildman–Crippen LogP) is 4.18. The smallest absolute Gasteiger partial charge is 0.155 e. The SMILES string of the molecule is Cc1nc(Cl)c(-c2ccccc2Br)nc1C. The zero-order valence-electron chi connectivity index (χ0n) is 8.96. The first-order valence-electron chi connectivity index (χ1n) is 4.85. The fraction of sp³-hybridized carbons (Fsp3) is 0.167. The molecule has 2 nitrogen and oxygen atoms in total. The summed E-state index contributed by atoms with van der Waals surface area (Å²) in [6.45, 7) is 3.83. The lowest BCUT2D eigenvalue weighted by Crippen LogP contribution is -1.96. The van der Waals surface area contributed by atoms with Gasteiger partial charge in [-0.3, -0.25) is 0 Å². The zero-order valence-corrected chi connectivity index (χ0v) is 11.3. The number of hydrogen-bond donors (Lipinski definition) is 0. The minimum Gasteiger partial charge on any atom is -0.248 e. The van der Waals surface area contributed by atoms with Crippen molar-refractivity contribution >= 4 is 27.5 Å². The Kier molecular flexibility index (Phi) is 3.26. The Morgan fingerprint density at radius 1 is 1.06 bits per heavy atom. The number of aromatic nitrogens is 2. The van der Waals surface area contributed by atoms with Crippen molar-refractivity contribution in [3.05, 3.63) is 45.3 Å². The monoisotopic (exact) mass is 296 g/mol. The van der Waals surface area contributed by atoms with Crippen molar-refractivity contribution in [2.24, 2.45) is 0 Å². The first kappa shape index (κ1) is 11.6. The molecule has 0 fully saturated rings. The minimum absolute atomic E-state index is 0.440. The van der Waals surface area contributed by atoms with Crippen molar-refractivity contribution in [3.8, 4) is 11.3 Å². The zero-order chi connectivity index (χ0) is 11.7. The minimum atomic E-state index is 0.440. The fourth-order valence-electron chi connectivity index (χ4n) is 1.40. The fourth-order valence-corrected chi connectivity index (χ4v) is 2.14. The Morgan fingerprint density at radius 3 is 2.38 bits per heavy atom. The molecule has 0 aliphatic rings. The van der Waals surface area contributed by atoms with Crippen molar-refractivity contribution < 1.29 is 0 Å². The maximum absolute atomic E-state index is 6.11. The molecule has 0 unspecified atom stereocenters. The highest BCUT2D eigenvalue weighted by atomic mass is 79.9. The molecule has 16 heavy (non-hydrogen) atoms. The first-order chi connectivity index (χ1) is 7.59. The molecule has 2 aromatic rings. The number of halogens is 2. The van der Waals surface area contributed by atoms with Gasteiger partial charge in [0.05, 0.1) is 11.4 Å². The molecule has 0 N–H and O–H groups in total. The maximum Gasteiger partial charge on any atom is 0.155 e. The summed E-state index contributed by atoms with van der Waals surface area (Å²) >= 11 is 9.60. The summed E-state index contributed by atoms with van der Waals surface area (Å²) in [5.41, 5.74) is 3.44. The first-order valence-corrected chi connectivity index (χ1v) is 6.02. The van der Waals surface area contributed by atoms with Crippen LogP contribution in [0.25, 0.3) is 11.3 Å². The van der Waals surface area contributed by atoms with Crippen LogP contribution in [0.5, 0.6) is 0 Å². The Hall–Kier alpha value is -0.930. The third-order valence-electron chi connectivity index (χ3n) is 2.39. The quantitative estimate of drug-likeness (QED) is 0.789. The van der Waals surface area contributed by atoms with Crippen molar-refractivity contribution in [2.45, 2.75) is 13.8 Å². The van der Waals surface area contributed by atoms with E-state index in [-0.39, 0.29) is 0 Å².